The van der Waals surface area contributed by atoms with Crippen molar-refractivity contribution in [2.24, 2.45) is 7.05 Å². The van der Waals surface area contributed by atoms with Crippen LogP contribution in [0.25, 0.3) is 0 Å². The molecule has 1 aliphatic heterocycles. The summed E-state index contributed by atoms with van der Waals surface area (Å²) in [5.41, 5.74) is 0.496. The molecule has 2 amide bonds. The van der Waals surface area contributed by atoms with Crippen molar-refractivity contribution < 1.29 is 13.6 Å². The lowest BCUT2D eigenvalue weighted by Crippen LogP contribution is -2.43. The van der Waals surface area contributed by atoms with Crippen LogP contribution in [-0.4, -0.2) is 19.9 Å². The highest BCUT2D eigenvalue weighted by molar-refractivity contribution is 7.97. The second-order valence-electron chi connectivity index (χ2n) is 6.12. The fourth-order valence-corrected chi connectivity index (χ4v) is 3.93. The van der Waals surface area contributed by atoms with Gasteiger partial charge in [0.1, 0.15) is 17.5 Å². The number of carbonyl (C=O) groups excluding carboxylic acids is 1. The molecule has 0 aliphatic carbocycles. The van der Waals surface area contributed by atoms with E-state index in [1.807, 2.05) is 23.7 Å². The van der Waals surface area contributed by atoms with Crippen LogP contribution in [0.4, 0.5) is 19.3 Å². The van der Waals surface area contributed by atoms with Crippen molar-refractivity contribution in [3.8, 4) is 0 Å². The molecule has 2 heterocycles. The molecule has 138 valence electrons. The molecule has 0 saturated carbocycles. The number of rotatable bonds is 4. The Labute approximate surface area is 159 Å². The van der Waals surface area contributed by atoms with Gasteiger partial charge in [-0.3, -0.25) is 9.21 Å². The van der Waals surface area contributed by atoms with Gasteiger partial charge in [0.05, 0.1) is 23.7 Å². The lowest BCUT2D eigenvalue weighted by molar-refractivity contribution is 0.228. The van der Waals surface area contributed by atoms with E-state index in [9.17, 15) is 13.6 Å². The zero-order valence-electron chi connectivity index (χ0n) is 14.5. The van der Waals surface area contributed by atoms with Gasteiger partial charge in [-0.25, -0.2) is 18.6 Å². The van der Waals surface area contributed by atoms with E-state index in [-0.39, 0.29) is 24.7 Å². The number of hydrogen-bond acceptors (Lipinski definition) is 3. The molecule has 0 spiro atoms. The number of aromatic nitrogens is 2. The second kappa shape index (κ2) is 7.03. The summed E-state index contributed by atoms with van der Waals surface area (Å²) in [7, 11) is 1.85. The molecule has 0 fully saturated rings. The van der Waals surface area contributed by atoms with Gasteiger partial charge in [-0.05, 0) is 36.2 Å². The maximum absolute atomic E-state index is 14.2. The highest BCUT2D eigenvalue weighted by Crippen LogP contribution is 2.40. The van der Waals surface area contributed by atoms with Gasteiger partial charge in [0.25, 0.3) is 0 Å². The molecule has 4 rings (SSSR count). The Morgan fingerprint density at radius 2 is 1.78 bits per heavy atom. The van der Waals surface area contributed by atoms with Gasteiger partial charge in [-0.2, -0.15) is 0 Å². The zero-order chi connectivity index (χ0) is 19.0. The van der Waals surface area contributed by atoms with E-state index in [1.165, 1.54) is 35.0 Å². The van der Waals surface area contributed by atoms with Crippen molar-refractivity contribution >= 4 is 23.7 Å². The number of halogens is 2. The summed E-state index contributed by atoms with van der Waals surface area (Å²) in [4.78, 5) is 19.6. The van der Waals surface area contributed by atoms with Gasteiger partial charge in [-0.15, -0.1) is 0 Å². The number of amides is 2. The van der Waals surface area contributed by atoms with Gasteiger partial charge in [-0.1, -0.05) is 18.2 Å². The Hall–Kier alpha value is -2.87. The number of imidazole rings is 1. The highest BCUT2D eigenvalue weighted by atomic mass is 32.2. The van der Waals surface area contributed by atoms with Crippen molar-refractivity contribution in [3.05, 3.63) is 77.9 Å². The minimum absolute atomic E-state index is 0.135. The minimum atomic E-state index is -0.672. The number of carbonyl (C=O) groups is 1. The number of anilines is 1. The van der Waals surface area contributed by atoms with Crippen molar-refractivity contribution in [2.45, 2.75) is 18.0 Å². The van der Waals surface area contributed by atoms with Gasteiger partial charge >= 0.3 is 6.03 Å². The van der Waals surface area contributed by atoms with Crippen LogP contribution in [0.3, 0.4) is 0 Å². The summed E-state index contributed by atoms with van der Waals surface area (Å²) in [5.74, 6) is -0.629. The third-order valence-electron chi connectivity index (χ3n) is 4.39. The molecule has 1 aromatic heterocycles. The van der Waals surface area contributed by atoms with E-state index in [4.69, 9.17) is 0 Å². The minimum Gasteiger partial charge on any atom is -0.336 e. The maximum atomic E-state index is 14.2. The molecule has 1 aliphatic rings. The Morgan fingerprint density at radius 1 is 1.04 bits per heavy atom. The molecule has 3 aromatic rings. The summed E-state index contributed by atoms with van der Waals surface area (Å²) in [6.45, 7) is 0.0869. The summed E-state index contributed by atoms with van der Waals surface area (Å²) in [5, 5.41) is 0. The topological polar surface area (TPSA) is 41.4 Å². The van der Waals surface area contributed by atoms with Gasteiger partial charge in [0.2, 0.25) is 0 Å². The lowest BCUT2D eigenvalue weighted by atomic mass is 10.1. The molecule has 27 heavy (non-hydrogen) atoms. The Bertz CT molecular complexity index is 987. The fraction of sp³-hybridized carbons (Fsp3) is 0.158. The fourth-order valence-electron chi connectivity index (χ4n) is 2.92. The SMILES string of the molecule is Cn1ccnc1CN1Sc2ccccc2N(Cc2c(F)cccc2F)C1=O. The molecule has 0 saturated heterocycles. The van der Waals surface area contributed by atoms with Crippen LogP contribution in [0, 0.1) is 11.6 Å². The van der Waals surface area contributed by atoms with Crippen molar-refractivity contribution in [3.63, 3.8) is 0 Å². The van der Waals surface area contributed by atoms with Crippen molar-refractivity contribution in [1.82, 2.24) is 13.9 Å². The van der Waals surface area contributed by atoms with Gasteiger partial charge in [0, 0.05) is 25.0 Å². The Balaban J connectivity index is 1.70. The van der Waals surface area contributed by atoms with Crippen LogP contribution in [0.2, 0.25) is 0 Å². The third kappa shape index (κ3) is 3.28. The van der Waals surface area contributed by atoms with E-state index in [0.29, 0.717) is 11.5 Å². The molecule has 0 bridgehead atoms. The molecule has 8 heteroatoms. The Kier molecular flexibility index (Phi) is 4.57. The summed E-state index contributed by atoms with van der Waals surface area (Å²) in [6.07, 6.45) is 3.46. The number of fused-ring (bicyclic) bond motifs is 1. The van der Waals surface area contributed by atoms with E-state index < -0.39 is 11.6 Å². The van der Waals surface area contributed by atoms with E-state index in [1.54, 1.807) is 28.8 Å². The van der Waals surface area contributed by atoms with Gasteiger partial charge < -0.3 is 4.57 Å². The number of nitrogens with zero attached hydrogens (tertiary/aromatic N) is 4. The highest BCUT2D eigenvalue weighted by Gasteiger charge is 2.33. The molecular weight excluding hydrogens is 370 g/mol. The first-order valence-corrected chi connectivity index (χ1v) is 9.07. The van der Waals surface area contributed by atoms with Crippen LogP contribution in [0.5, 0.6) is 0 Å². The van der Waals surface area contributed by atoms with Crippen LogP contribution in [0.15, 0.2) is 59.8 Å². The van der Waals surface area contributed by atoms with Gasteiger partial charge in [0.15, 0.2) is 0 Å². The predicted octanol–water partition coefficient (Wildman–Crippen LogP) is 4.35. The lowest BCUT2D eigenvalue weighted by Gasteiger charge is -2.35. The quantitative estimate of drug-likeness (QED) is 0.626. The Morgan fingerprint density at radius 3 is 2.48 bits per heavy atom. The zero-order valence-corrected chi connectivity index (χ0v) is 15.3. The average molecular weight is 386 g/mol. The summed E-state index contributed by atoms with van der Waals surface area (Å²) < 4.78 is 31.7. The number of urea groups is 1. The van der Waals surface area contributed by atoms with Crippen molar-refractivity contribution in [2.75, 3.05) is 4.90 Å². The maximum Gasteiger partial charge on any atom is 0.335 e. The molecule has 0 N–H and O–H groups in total. The molecule has 5 nitrogen and oxygen atoms in total. The normalized spacial score (nSPS) is 13.8. The molecule has 0 atom stereocenters. The van der Waals surface area contributed by atoms with Crippen LogP contribution < -0.4 is 4.90 Å². The first-order chi connectivity index (χ1) is 13.0. The number of benzene rings is 2. The third-order valence-corrected chi connectivity index (χ3v) is 5.44. The van der Waals surface area contributed by atoms with E-state index >= 15 is 0 Å². The summed E-state index contributed by atoms with van der Waals surface area (Å²) >= 11 is 1.30. The first kappa shape index (κ1) is 17.5. The van der Waals surface area contributed by atoms with Crippen molar-refractivity contribution in [1.29, 1.82) is 0 Å². The predicted molar refractivity (Wildman–Crippen MR) is 99.0 cm³/mol. The summed E-state index contributed by atoms with van der Waals surface area (Å²) in [6, 6.07) is 10.7. The molecule has 0 unspecified atom stereocenters. The number of para-hydroxylation sites is 1. The molecule has 2 aromatic carbocycles. The van der Waals surface area contributed by atoms with E-state index in [2.05, 4.69) is 4.98 Å². The molecular formula is C19H16F2N4OS. The number of aryl methyl sites for hydroxylation is 1. The first-order valence-electron chi connectivity index (χ1n) is 8.29. The second-order valence-corrected chi connectivity index (χ2v) is 7.18. The van der Waals surface area contributed by atoms with E-state index in [0.717, 1.165) is 4.90 Å². The largest absolute Gasteiger partial charge is 0.336 e. The van der Waals surface area contributed by atoms with Crippen LogP contribution >= 0.6 is 11.9 Å². The monoisotopic (exact) mass is 386 g/mol. The number of hydrogen-bond donors (Lipinski definition) is 0. The van der Waals surface area contributed by atoms with Crippen LogP contribution in [-0.2, 0) is 20.1 Å². The molecule has 0 radical (unpaired) electrons. The smallest absolute Gasteiger partial charge is 0.335 e. The average Bonchev–Trinajstić information content (AvgIpc) is 3.05. The standard InChI is InChI=1S/C19H16F2N4OS/c1-23-10-9-22-18(23)12-25-19(26)24(16-7-2-3-8-17(16)27-25)11-13-14(20)5-4-6-15(13)21/h2-10H,11-12H2,1H3. The van der Waals surface area contributed by atoms with Crippen LogP contribution in [0.1, 0.15) is 11.4 Å².